The predicted molar refractivity (Wildman–Crippen MR) is 75.6 cm³/mol. The first kappa shape index (κ1) is 12.5. The summed E-state index contributed by atoms with van der Waals surface area (Å²) < 4.78 is 13.1. The molecule has 0 amide bonds. The van der Waals surface area contributed by atoms with Crippen LogP contribution in [0.1, 0.15) is 37.2 Å². The van der Waals surface area contributed by atoms with Crippen LogP contribution in [-0.4, -0.2) is 23.6 Å². The third-order valence-corrected chi connectivity index (χ3v) is 5.51. The van der Waals surface area contributed by atoms with Gasteiger partial charge in [0.05, 0.1) is 0 Å². The molecule has 3 heteroatoms. The summed E-state index contributed by atoms with van der Waals surface area (Å²) in [5.74, 6) is 1.80. The zero-order valence-corrected chi connectivity index (χ0v) is 11.4. The van der Waals surface area contributed by atoms with Gasteiger partial charge in [0.1, 0.15) is 5.82 Å². The quantitative estimate of drug-likeness (QED) is 0.893. The van der Waals surface area contributed by atoms with Crippen LogP contribution < -0.4 is 5.32 Å². The van der Waals surface area contributed by atoms with Gasteiger partial charge in [-0.3, -0.25) is 0 Å². The molecule has 0 bridgehead atoms. The van der Waals surface area contributed by atoms with Gasteiger partial charge in [-0.25, -0.2) is 4.39 Å². The number of benzene rings is 1. The Bertz CT molecular complexity index is 397. The largest absolute Gasteiger partial charge is 0.313 e. The highest BCUT2D eigenvalue weighted by atomic mass is 32.2. The van der Waals surface area contributed by atoms with Gasteiger partial charge < -0.3 is 5.32 Å². The Morgan fingerprint density at radius 2 is 2.22 bits per heavy atom. The van der Waals surface area contributed by atoms with Crippen LogP contribution in [0.15, 0.2) is 24.3 Å². The van der Waals surface area contributed by atoms with Crippen LogP contribution in [0.5, 0.6) is 0 Å². The standard InChI is InChI=1S/C15H20FNS/c16-13-4-1-3-11(7-13)12-8-14(9-12)17-10-15-5-2-6-18-15/h1,3-4,7,12,14-15,17H,2,5-6,8-10H2. The summed E-state index contributed by atoms with van der Waals surface area (Å²) in [6, 6.07) is 7.74. The number of halogens is 1. The number of thioether (sulfide) groups is 1. The molecule has 0 spiro atoms. The fourth-order valence-corrected chi connectivity index (χ4v) is 4.13. The second-order valence-corrected chi connectivity index (χ2v) is 6.87. The van der Waals surface area contributed by atoms with Crippen LogP contribution in [-0.2, 0) is 0 Å². The van der Waals surface area contributed by atoms with E-state index in [1.54, 1.807) is 6.07 Å². The Morgan fingerprint density at radius 3 is 2.94 bits per heavy atom. The molecule has 1 aromatic rings. The lowest BCUT2D eigenvalue weighted by atomic mass is 9.76. The molecule has 1 aromatic carbocycles. The molecule has 98 valence electrons. The van der Waals surface area contributed by atoms with Crippen molar-refractivity contribution in [1.82, 2.24) is 5.32 Å². The second kappa shape index (κ2) is 5.62. The zero-order valence-electron chi connectivity index (χ0n) is 10.6. The van der Waals surface area contributed by atoms with E-state index in [1.807, 2.05) is 6.07 Å². The van der Waals surface area contributed by atoms with E-state index in [2.05, 4.69) is 23.1 Å². The van der Waals surface area contributed by atoms with E-state index in [4.69, 9.17) is 0 Å². The molecule has 18 heavy (non-hydrogen) atoms. The van der Waals surface area contributed by atoms with E-state index in [9.17, 15) is 4.39 Å². The fourth-order valence-electron chi connectivity index (χ4n) is 2.92. The average molecular weight is 265 g/mol. The molecular formula is C15H20FNS. The second-order valence-electron chi connectivity index (χ2n) is 5.46. The molecule has 2 fully saturated rings. The molecule has 3 rings (SSSR count). The lowest BCUT2D eigenvalue weighted by Gasteiger charge is -2.37. The van der Waals surface area contributed by atoms with Gasteiger partial charge in [-0.2, -0.15) is 11.8 Å². The monoisotopic (exact) mass is 265 g/mol. The van der Waals surface area contributed by atoms with Crippen molar-refractivity contribution in [2.24, 2.45) is 0 Å². The Balaban J connectivity index is 1.42. The van der Waals surface area contributed by atoms with E-state index < -0.39 is 0 Å². The molecule has 0 aromatic heterocycles. The number of hydrogen-bond acceptors (Lipinski definition) is 2. The van der Waals surface area contributed by atoms with Crippen molar-refractivity contribution < 1.29 is 4.39 Å². The Labute approximate surface area is 113 Å². The molecule has 0 radical (unpaired) electrons. The van der Waals surface area contributed by atoms with Crippen LogP contribution in [0.25, 0.3) is 0 Å². The maximum atomic E-state index is 13.1. The Kier molecular flexibility index (Phi) is 3.90. The van der Waals surface area contributed by atoms with Crippen molar-refractivity contribution in [3.8, 4) is 0 Å². The molecule has 1 aliphatic carbocycles. The highest BCUT2D eigenvalue weighted by molar-refractivity contribution is 8.00. The summed E-state index contributed by atoms with van der Waals surface area (Å²) in [4.78, 5) is 0. The minimum absolute atomic E-state index is 0.105. The normalized spacial score (nSPS) is 31.3. The fraction of sp³-hybridized carbons (Fsp3) is 0.600. The van der Waals surface area contributed by atoms with Gasteiger partial charge in [-0.1, -0.05) is 12.1 Å². The maximum absolute atomic E-state index is 13.1. The van der Waals surface area contributed by atoms with Crippen molar-refractivity contribution in [3.63, 3.8) is 0 Å². The van der Waals surface area contributed by atoms with Crippen LogP contribution in [0.4, 0.5) is 4.39 Å². The molecule has 1 aliphatic heterocycles. The van der Waals surface area contributed by atoms with Gasteiger partial charge in [0, 0.05) is 17.8 Å². The summed E-state index contributed by atoms with van der Waals surface area (Å²) >= 11 is 2.11. The Morgan fingerprint density at radius 1 is 1.33 bits per heavy atom. The average Bonchev–Trinajstić information content (AvgIpc) is 2.80. The van der Waals surface area contributed by atoms with Crippen LogP contribution in [0.2, 0.25) is 0 Å². The first-order chi connectivity index (χ1) is 8.81. The van der Waals surface area contributed by atoms with Crippen LogP contribution in [0.3, 0.4) is 0 Å². The highest BCUT2D eigenvalue weighted by Gasteiger charge is 2.30. The SMILES string of the molecule is Fc1cccc(C2CC(NCC3CCCS3)C2)c1. The van der Waals surface area contributed by atoms with Gasteiger partial charge >= 0.3 is 0 Å². The lowest BCUT2D eigenvalue weighted by molar-refractivity contribution is 0.291. The molecule has 2 aliphatic rings. The van der Waals surface area contributed by atoms with Gasteiger partial charge in [0.15, 0.2) is 0 Å². The van der Waals surface area contributed by atoms with E-state index >= 15 is 0 Å². The molecule has 1 heterocycles. The van der Waals surface area contributed by atoms with Crippen molar-refractivity contribution in [3.05, 3.63) is 35.6 Å². The van der Waals surface area contributed by atoms with Crippen molar-refractivity contribution in [1.29, 1.82) is 0 Å². The number of nitrogens with one attached hydrogen (secondary N) is 1. The van der Waals surface area contributed by atoms with E-state index in [0.29, 0.717) is 12.0 Å². The van der Waals surface area contributed by atoms with Crippen molar-refractivity contribution in [2.45, 2.75) is 42.9 Å². The number of rotatable bonds is 4. The topological polar surface area (TPSA) is 12.0 Å². The van der Waals surface area contributed by atoms with Crippen LogP contribution >= 0.6 is 11.8 Å². The molecular weight excluding hydrogens is 245 g/mol. The molecule has 1 unspecified atom stereocenters. The first-order valence-corrected chi connectivity index (χ1v) is 7.96. The lowest BCUT2D eigenvalue weighted by Crippen LogP contribution is -2.42. The third-order valence-electron chi connectivity index (χ3n) is 4.12. The van der Waals surface area contributed by atoms with Gasteiger partial charge in [0.25, 0.3) is 0 Å². The molecule has 1 saturated carbocycles. The van der Waals surface area contributed by atoms with Gasteiger partial charge in [0.2, 0.25) is 0 Å². The summed E-state index contributed by atoms with van der Waals surface area (Å²) in [5.41, 5.74) is 1.17. The molecule has 1 nitrogen and oxygen atoms in total. The van der Waals surface area contributed by atoms with Crippen molar-refractivity contribution >= 4 is 11.8 Å². The highest BCUT2D eigenvalue weighted by Crippen LogP contribution is 2.37. The molecule has 1 atom stereocenters. The zero-order chi connectivity index (χ0) is 12.4. The van der Waals surface area contributed by atoms with Crippen molar-refractivity contribution in [2.75, 3.05) is 12.3 Å². The van der Waals surface area contributed by atoms with Gasteiger partial charge in [-0.15, -0.1) is 0 Å². The third kappa shape index (κ3) is 2.89. The summed E-state index contributed by atoms with van der Waals surface area (Å²) in [6.07, 6.45) is 5.09. The minimum atomic E-state index is -0.105. The summed E-state index contributed by atoms with van der Waals surface area (Å²) in [5, 5.41) is 4.49. The van der Waals surface area contributed by atoms with Gasteiger partial charge in [-0.05, 0) is 55.1 Å². The summed E-state index contributed by atoms with van der Waals surface area (Å²) in [6.45, 7) is 1.16. The van der Waals surface area contributed by atoms with E-state index in [1.165, 1.54) is 43.1 Å². The van der Waals surface area contributed by atoms with E-state index in [-0.39, 0.29) is 5.82 Å². The smallest absolute Gasteiger partial charge is 0.123 e. The molecule has 1 N–H and O–H groups in total. The first-order valence-electron chi connectivity index (χ1n) is 6.92. The van der Waals surface area contributed by atoms with E-state index in [0.717, 1.165) is 11.8 Å². The van der Waals surface area contributed by atoms with Crippen LogP contribution in [0, 0.1) is 5.82 Å². The predicted octanol–water partition coefficient (Wildman–Crippen LogP) is 3.56. The maximum Gasteiger partial charge on any atom is 0.123 e. The minimum Gasteiger partial charge on any atom is -0.313 e. The molecule has 1 saturated heterocycles. The summed E-state index contributed by atoms with van der Waals surface area (Å²) in [7, 11) is 0. The Hall–Kier alpha value is -0.540. The number of hydrogen-bond donors (Lipinski definition) is 1.